The number of nitrogens with zero attached hydrogens (tertiary/aromatic N) is 2. The van der Waals surface area contributed by atoms with E-state index < -0.39 is 0 Å². The Morgan fingerprint density at radius 2 is 2.53 bits per heavy atom. The molecular formula is C13H17N3O. The fourth-order valence-electron chi connectivity index (χ4n) is 2.50. The Hall–Kier alpha value is -1.55. The van der Waals surface area contributed by atoms with Gasteiger partial charge in [0.1, 0.15) is 5.76 Å². The van der Waals surface area contributed by atoms with Gasteiger partial charge in [0.2, 0.25) is 0 Å². The van der Waals surface area contributed by atoms with Crippen LogP contribution in [0.4, 0.5) is 0 Å². The third kappa shape index (κ3) is 2.13. The minimum absolute atomic E-state index is 0.428. The number of aromatic nitrogens is 2. The van der Waals surface area contributed by atoms with Crippen molar-refractivity contribution in [1.82, 2.24) is 15.1 Å². The van der Waals surface area contributed by atoms with Crippen LogP contribution in [0.3, 0.4) is 0 Å². The Morgan fingerprint density at radius 1 is 1.59 bits per heavy atom. The SMILES string of the molecule is Cn1cc(CNC2CCCc3occc32)cn1. The Bertz CT molecular complexity index is 500. The van der Waals surface area contributed by atoms with Crippen molar-refractivity contribution in [3.8, 4) is 0 Å². The molecule has 2 aromatic heterocycles. The average Bonchev–Trinajstić information content (AvgIpc) is 2.94. The van der Waals surface area contributed by atoms with E-state index in [-0.39, 0.29) is 0 Å². The summed E-state index contributed by atoms with van der Waals surface area (Å²) >= 11 is 0. The molecule has 1 aliphatic carbocycles. The van der Waals surface area contributed by atoms with Crippen LogP contribution in [0.5, 0.6) is 0 Å². The fraction of sp³-hybridized carbons (Fsp3) is 0.462. The maximum absolute atomic E-state index is 5.49. The van der Waals surface area contributed by atoms with Crippen molar-refractivity contribution in [2.75, 3.05) is 0 Å². The highest BCUT2D eigenvalue weighted by molar-refractivity contribution is 5.24. The van der Waals surface area contributed by atoms with E-state index in [1.807, 2.05) is 24.1 Å². The van der Waals surface area contributed by atoms with Gasteiger partial charge in [0.15, 0.2) is 0 Å². The molecule has 2 heterocycles. The first-order chi connectivity index (χ1) is 8.33. The van der Waals surface area contributed by atoms with Gasteiger partial charge in [-0.1, -0.05) is 0 Å². The lowest BCUT2D eigenvalue weighted by Gasteiger charge is -2.22. The van der Waals surface area contributed by atoms with E-state index in [4.69, 9.17) is 4.42 Å². The quantitative estimate of drug-likeness (QED) is 0.880. The number of furan rings is 1. The minimum Gasteiger partial charge on any atom is -0.469 e. The van der Waals surface area contributed by atoms with Crippen LogP contribution in [0, 0.1) is 0 Å². The molecule has 3 rings (SSSR count). The van der Waals surface area contributed by atoms with Gasteiger partial charge >= 0.3 is 0 Å². The number of hydrogen-bond acceptors (Lipinski definition) is 3. The molecule has 0 spiro atoms. The third-order valence-corrected chi connectivity index (χ3v) is 3.36. The molecule has 2 aromatic rings. The van der Waals surface area contributed by atoms with Crippen LogP contribution < -0.4 is 5.32 Å². The van der Waals surface area contributed by atoms with Gasteiger partial charge < -0.3 is 9.73 Å². The highest BCUT2D eigenvalue weighted by Crippen LogP contribution is 2.30. The van der Waals surface area contributed by atoms with Gasteiger partial charge in [0, 0.05) is 43.4 Å². The first-order valence-electron chi connectivity index (χ1n) is 6.10. The largest absolute Gasteiger partial charge is 0.469 e. The molecule has 1 N–H and O–H groups in total. The summed E-state index contributed by atoms with van der Waals surface area (Å²) in [7, 11) is 1.94. The molecule has 1 unspecified atom stereocenters. The zero-order valence-electron chi connectivity index (χ0n) is 10.0. The molecule has 0 amide bonds. The lowest BCUT2D eigenvalue weighted by molar-refractivity contribution is 0.411. The summed E-state index contributed by atoms with van der Waals surface area (Å²) < 4.78 is 7.32. The summed E-state index contributed by atoms with van der Waals surface area (Å²) in [5, 5.41) is 7.75. The number of nitrogens with one attached hydrogen (secondary N) is 1. The van der Waals surface area contributed by atoms with E-state index in [2.05, 4.69) is 16.5 Å². The zero-order chi connectivity index (χ0) is 11.7. The first-order valence-corrected chi connectivity index (χ1v) is 6.10. The Balaban J connectivity index is 1.67. The van der Waals surface area contributed by atoms with Crippen LogP contribution in [0.15, 0.2) is 29.1 Å². The normalized spacial score (nSPS) is 19.2. The average molecular weight is 231 g/mol. The molecule has 90 valence electrons. The Kier molecular flexibility index (Phi) is 2.73. The van der Waals surface area contributed by atoms with Crippen molar-refractivity contribution in [2.45, 2.75) is 31.8 Å². The van der Waals surface area contributed by atoms with Crippen molar-refractivity contribution < 1.29 is 4.42 Å². The lowest BCUT2D eigenvalue weighted by Crippen LogP contribution is -2.23. The van der Waals surface area contributed by atoms with Gasteiger partial charge in [0.05, 0.1) is 12.5 Å². The number of aryl methyl sites for hydroxylation is 2. The van der Waals surface area contributed by atoms with Gasteiger partial charge in [-0.3, -0.25) is 4.68 Å². The second kappa shape index (κ2) is 4.37. The number of hydrogen-bond donors (Lipinski definition) is 1. The lowest BCUT2D eigenvalue weighted by atomic mass is 9.93. The molecule has 4 nitrogen and oxygen atoms in total. The summed E-state index contributed by atoms with van der Waals surface area (Å²) in [5.41, 5.74) is 2.56. The molecule has 0 fully saturated rings. The van der Waals surface area contributed by atoms with Crippen LogP contribution in [0.1, 0.15) is 35.8 Å². The van der Waals surface area contributed by atoms with E-state index in [1.165, 1.54) is 24.0 Å². The summed E-state index contributed by atoms with van der Waals surface area (Å²) in [4.78, 5) is 0. The van der Waals surface area contributed by atoms with Gasteiger partial charge in [-0.25, -0.2) is 0 Å². The van der Waals surface area contributed by atoms with Gasteiger partial charge in [0.25, 0.3) is 0 Å². The minimum atomic E-state index is 0.428. The highest BCUT2D eigenvalue weighted by atomic mass is 16.3. The summed E-state index contributed by atoms with van der Waals surface area (Å²) in [5.74, 6) is 1.15. The number of rotatable bonds is 3. The molecule has 0 saturated carbocycles. The first kappa shape index (κ1) is 10.6. The van der Waals surface area contributed by atoms with E-state index in [1.54, 1.807) is 6.26 Å². The van der Waals surface area contributed by atoms with Crippen molar-refractivity contribution in [1.29, 1.82) is 0 Å². The predicted molar refractivity (Wildman–Crippen MR) is 64.4 cm³/mol. The van der Waals surface area contributed by atoms with Crippen molar-refractivity contribution in [2.24, 2.45) is 7.05 Å². The van der Waals surface area contributed by atoms with Gasteiger partial charge in [-0.2, -0.15) is 5.10 Å². The topological polar surface area (TPSA) is 43.0 Å². The monoisotopic (exact) mass is 231 g/mol. The molecule has 0 aliphatic heterocycles. The van der Waals surface area contributed by atoms with Crippen LogP contribution >= 0.6 is 0 Å². The Morgan fingerprint density at radius 3 is 3.35 bits per heavy atom. The number of fused-ring (bicyclic) bond motifs is 1. The van der Waals surface area contributed by atoms with E-state index in [9.17, 15) is 0 Å². The predicted octanol–water partition coefficient (Wildman–Crippen LogP) is 2.18. The maximum Gasteiger partial charge on any atom is 0.108 e. The van der Waals surface area contributed by atoms with Crippen LogP contribution in [-0.2, 0) is 20.0 Å². The van der Waals surface area contributed by atoms with Crippen LogP contribution in [-0.4, -0.2) is 9.78 Å². The summed E-state index contributed by atoms with van der Waals surface area (Å²) in [6.07, 6.45) is 9.22. The van der Waals surface area contributed by atoms with E-state index in [0.29, 0.717) is 6.04 Å². The van der Waals surface area contributed by atoms with Gasteiger partial charge in [-0.05, 0) is 18.9 Å². The molecule has 0 saturated heterocycles. The smallest absolute Gasteiger partial charge is 0.108 e. The molecule has 1 atom stereocenters. The standard InChI is InChI=1S/C13H17N3O/c1-16-9-10(8-15-16)7-14-12-3-2-4-13-11(12)5-6-17-13/h5-6,8-9,12,14H,2-4,7H2,1H3. The highest BCUT2D eigenvalue weighted by Gasteiger charge is 2.21. The van der Waals surface area contributed by atoms with Crippen LogP contribution in [0.2, 0.25) is 0 Å². The molecule has 0 radical (unpaired) electrons. The van der Waals surface area contributed by atoms with Crippen molar-refractivity contribution in [3.63, 3.8) is 0 Å². The second-order valence-electron chi connectivity index (χ2n) is 4.65. The zero-order valence-corrected chi connectivity index (χ0v) is 10.0. The Labute approximate surface area is 101 Å². The van der Waals surface area contributed by atoms with Crippen molar-refractivity contribution >= 4 is 0 Å². The molecule has 17 heavy (non-hydrogen) atoms. The van der Waals surface area contributed by atoms with E-state index in [0.717, 1.165) is 18.7 Å². The van der Waals surface area contributed by atoms with Gasteiger partial charge in [-0.15, -0.1) is 0 Å². The molecule has 1 aliphatic rings. The summed E-state index contributed by atoms with van der Waals surface area (Å²) in [6, 6.07) is 2.52. The molecule has 0 bridgehead atoms. The fourth-order valence-corrected chi connectivity index (χ4v) is 2.50. The second-order valence-corrected chi connectivity index (χ2v) is 4.65. The maximum atomic E-state index is 5.49. The van der Waals surface area contributed by atoms with Crippen molar-refractivity contribution in [3.05, 3.63) is 41.6 Å². The third-order valence-electron chi connectivity index (χ3n) is 3.36. The molecule has 4 heteroatoms. The molecular weight excluding hydrogens is 214 g/mol. The van der Waals surface area contributed by atoms with E-state index >= 15 is 0 Å². The van der Waals surface area contributed by atoms with Crippen LogP contribution in [0.25, 0.3) is 0 Å². The molecule has 0 aromatic carbocycles. The summed E-state index contributed by atoms with van der Waals surface area (Å²) in [6.45, 7) is 0.864.